The van der Waals surface area contributed by atoms with Gasteiger partial charge in [0.15, 0.2) is 0 Å². The average molecular weight is 267 g/mol. The highest BCUT2D eigenvalue weighted by molar-refractivity contribution is 7.84. The fraction of sp³-hybridized carbons (Fsp3) is 1.00. The molecule has 0 radical (unpaired) electrons. The summed E-state index contributed by atoms with van der Waals surface area (Å²) >= 11 is 0. The fourth-order valence-corrected chi connectivity index (χ4v) is 1.72. The molecule has 1 saturated heterocycles. The second-order valence-electron chi connectivity index (χ2n) is 3.92. The van der Waals surface area contributed by atoms with E-state index in [2.05, 4.69) is 8.91 Å². The molecule has 1 aliphatic rings. The lowest BCUT2D eigenvalue weighted by atomic mass is 10.2. The molecule has 1 atom stereocenters. The van der Waals surface area contributed by atoms with Gasteiger partial charge in [-0.05, 0) is 12.8 Å². The van der Waals surface area contributed by atoms with Gasteiger partial charge in [-0.15, -0.1) is 0 Å². The number of hydrogen-bond acceptors (Lipinski definition) is 5. The first kappa shape index (κ1) is 14.8. The van der Waals surface area contributed by atoms with E-state index >= 15 is 0 Å². The quantitative estimate of drug-likeness (QED) is 0.434. The van der Waals surface area contributed by atoms with Crippen LogP contribution in [0.5, 0.6) is 0 Å². The Hall–Kier alpha value is -0.210. The van der Waals surface area contributed by atoms with Crippen LogP contribution in [0.1, 0.15) is 25.7 Å². The van der Waals surface area contributed by atoms with E-state index in [1.165, 1.54) is 7.05 Å². The minimum atomic E-state index is -3.51. The van der Waals surface area contributed by atoms with Crippen LogP contribution in [-0.4, -0.2) is 48.0 Å². The van der Waals surface area contributed by atoms with Crippen molar-refractivity contribution >= 4 is 10.3 Å². The molecule has 0 aromatic rings. The Morgan fingerprint density at radius 3 is 2.47 bits per heavy atom. The Balaban J connectivity index is 1.77. The molecule has 1 rings (SSSR count). The highest BCUT2D eigenvalue weighted by Gasteiger charge is 2.21. The maximum atomic E-state index is 10.9. The van der Waals surface area contributed by atoms with Crippen LogP contribution >= 0.6 is 0 Å². The van der Waals surface area contributed by atoms with Gasteiger partial charge >= 0.3 is 10.3 Å². The molecule has 7 heteroatoms. The van der Waals surface area contributed by atoms with Crippen LogP contribution in [0.25, 0.3) is 0 Å². The summed E-state index contributed by atoms with van der Waals surface area (Å²) in [7, 11) is -2.18. The highest BCUT2D eigenvalue weighted by atomic mass is 32.2. The first-order valence-electron chi connectivity index (χ1n) is 5.91. The third kappa shape index (κ3) is 8.50. The summed E-state index contributed by atoms with van der Waals surface area (Å²) in [6.45, 7) is 2.51. The van der Waals surface area contributed by atoms with Crippen molar-refractivity contribution in [2.45, 2.75) is 31.8 Å². The molecule has 0 spiro atoms. The third-order valence-corrected chi connectivity index (χ3v) is 3.35. The van der Waals surface area contributed by atoms with Gasteiger partial charge in [-0.1, -0.05) is 12.8 Å². The molecule has 0 amide bonds. The van der Waals surface area contributed by atoms with Crippen molar-refractivity contribution in [3.63, 3.8) is 0 Å². The maximum absolute atomic E-state index is 10.9. The number of hydrogen-bond donors (Lipinski definition) is 1. The molecule has 1 N–H and O–H groups in total. The van der Waals surface area contributed by atoms with Gasteiger partial charge in [0.2, 0.25) is 0 Å². The number of nitrogens with one attached hydrogen (secondary N) is 1. The van der Waals surface area contributed by atoms with E-state index in [4.69, 9.17) is 9.47 Å². The van der Waals surface area contributed by atoms with E-state index in [1.807, 2.05) is 0 Å². The summed E-state index contributed by atoms with van der Waals surface area (Å²) in [4.78, 5) is 0. The normalized spacial score (nSPS) is 19.5. The standard InChI is InChI=1S/C10H21NO5S/c1-11-17(12,13)16-7-5-3-2-4-6-14-8-10-9-15-10/h10-11H,2-9H2,1H3. The molecule has 17 heavy (non-hydrogen) atoms. The molecule has 0 aromatic heterocycles. The van der Waals surface area contributed by atoms with E-state index in [9.17, 15) is 8.42 Å². The highest BCUT2D eigenvalue weighted by Crippen LogP contribution is 2.09. The predicted molar refractivity (Wildman–Crippen MR) is 63.0 cm³/mol. The second kappa shape index (κ2) is 7.99. The summed E-state index contributed by atoms with van der Waals surface area (Å²) in [6, 6.07) is 0. The summed E-state index contributed by atoms with van der Waals surface area (Å²) in [6.07, 6.45) is 4.03. The lowest BCUT2D eigenvalue weighted by Gasteiger charge is -2.04. The van der Waals surface area contributed by atoms with Gasteiger partial charge in [0, 0.05) is 13.7 Å². The zero-order valence-corrected chi connectivity index (χ0v) is 11.0. The van der Waals surface area contributed by atoms with Gasteiger partial charge in [-0.25, -0.2) is 0 Å². The second-order valence-corrected chi connectivity index (χ2v) is 5.48. The molecular weight excluding hydrogens is 246 g/mol. The van der Waals surface area contributed by atoms with Crippen LogP contribution < -0.4 is 4.72 Å². The SMILES string of the molecule is CNS(=O)(=O)OCCCCCCOCC1CO1. The molecule has 102 valence electrons. The predicted octanol–water partition coefficient (Wildman–Crippen LogP) is 0.443. The number of rotatable bonds is 11. The van der Waals surface area contributed by atoms with Crippen LogP contribution in [-0.2, 0) is 24.0 Å². The Morgan fingerprint density at radius 1 is 1.24 bits per heavy atom. The van der Waals surface area contributed by atoms with Gasteiger partial charge in [-0.2, -0.15) is 13.1 Å². The van der Waals surface area contributed by atoms with E-state index in [-0.39, 0.29) is 6.61 Å². The van der Waals surface area contributed by atoms with Crippen LogP contribution in [0.4, 0.5) is 0 Å². The van der Waals surface area contributed by atoms with Gasteiger partial charge in [0.25, 0.3) is 0 Å². The average Bonchev–Trinajstić information content (AvgIpc) is 3.11. The Morgan fingerprint density at radius 2 is 1.88 bits per heavy atom. The third-order valence-electron chi connectivity index (χ3n) is 2.38. The first-order chi connectivity index (χ1) is 8.14. The Bertz CT molecular complexity index is 289. The topological polar surface area (TPSA) is 77.2 Å². The molecular formula is C10H21NO5S. The molecule has 1 heterocycles. The zero-order valence-electron chi connectivity index (χ0n) is 10.2. The van der Waals surface area contributed by atoms with Crippen molar-refractivity contribution in [2.24, 2.45) is 0 Å². The van der Waals surface area contributed by atoms with Crippen molar-refractivity contribution in [3.05, 3.63) is 0 Å². The van der Waals surface area contributed by atoms with Gasteiger partial charge < -0.3 is 9.47 Å². The summed E-state index contributed by atoms with van der Waals surface area (Å²) < 4.78 is 38.9. The Labute approximate surface area is 103 Å². The molecule has 0 saturated carbocycles. The van der Waals surface area contributed by atoms with Crippen LogP contribution in [0.2, 0.25) is 0 Å². The summed E-state index contributed by atoms with van der Waals surface area (Å²) in [5.41, 5.74) is 0. The number of epoxide rings is 1. The molecule has 0 aliphatic carbocycles. The van der Waals surface area contributed by atoms with Crippen LogP contribution in [0, 0.1) is 0 Å². The van der Waals surface area contributed by atoms with Crippen molar-refractivity contribution < 1.29 is 22.1 Å². The summed E-state index contributed by atoms with van der Waals surface area (Å²) in [5.74, 6) is 0. The smallest absolute Gasteiger partial charge is 0.335 e. The van der Waals surface area contributed by atoms with Gasteiger partial charge in [0.05, 0.1) is 19.8 Å². The minimum Gasteiger partial charge on any atom is -0.379 e. The lowest BCUT2D eigenvalue weighted by Crippen LogP contribution is -2.21. The molecule has 0 aromatic carbocycles. The molecule has 1 aliphatic heterocycles. The van der Waals surface area contributed by atoms with E-state index in [0.717, 1.165) is 38.9 Å². The van der Waals surface area contributed by atoms with E-state index < -0.39 is 10.3 Å². The largest absolute Gasteiger partial charge is 0.379 e. The molecule has 1 fully saturated rings. The van der Waals surface area contributed by atoms with E-state index in [1.54, 1.807) is 0 Å². The lowest BCUT2D eigenvalue weighted by molar-refractivity contribution is 0.112. The minimum absolute atomic E-state index is 0.236. The van der Waals surface area contributed by atoms with Gasteiger partial charge in [-0.3, -0.25) is 4.18 Å². The van der Waals surface area contributed by atoms with Crippen molar-refractivity contribution in [1.29, 1.82) is 0 Å². The van der Waals surface area contributed by atoms with Crippen molar-refractivity contribution in [2.75, 3.05) is 33.5 Å². The first-order valence-corrected chi connectivity index (χ1v) is 7.32. The summed E-state index contributed by atoms with van der Waals surface area (Å²) in [5, 5.41) is 0. The van der Waals surface area contributed by atoms with Crippen molar-refractivity contribution in [1.82, 2.24) is 4.72 Å². The number of ether oxygens (including phenoxy) is 2. The molecule has 1 unspecified atom stereocenters. The molecule has 6 nitrogen and oxygen atoms in total. The zero-order chi connectivity index (χ0) is 12.6. The monoisotopic (exact) mass is 267 g/mol. The van der Waals surface area contributed by atoms with Crippen LogP contribution in [0.15, 0.2) is 0 Å². The molecule has 0 bridgehead atoms. The van der Waals surface area contributed by atoms with Crippen molar-refractivity contribution in [3.8, 4) is 0 Å². The maximum Gasteiger partial charge on any atom is 0.335 e. The fourth-order valence-electron chi connectivity index (χ4n) is 1.27. The Kier molecular flexibility index (Phi) is 6.98. The van der Waals surface area contributed by atoms with Crippen LogP contribution in [0.3, 0.4) is 0 Å². The van der Waals surface area contributed by atoms with E-state index in [0.29, 0.717) is 12.7 Å². The van der Waals surface area contributed by atoms with Gasteiger partial charge in [0.1, 0.15) is 6.10 Å². The number of unbranched alkanes of at least 4 members (excludes halogenated alkanes) is 3.